The van der Waals surface area contributed by atoms with Crippen molar-refractivity contribution < 1.29 is 4.74 Å². The first-order valence-corrected chi connectivity index (χ1v) is 8.17. The normalized spacial score (nSPS) is 10.5. The van der Waals surface area contributed by atoms with Crippen LogP contribution in [0, 0.1) is 11.3 Å². The van der Waals surface area contributed by atoms with Crippen molar-refractivity contribution >= 4 is 28.2 Å². The van der Waals surface area contributed by atoms with Gasteiger partial charge in [-0.05, 0) is 41.3 Å². The molecule has 25 heavy (non-hydrogen) atoms. The van der Waals surface area contributed by atoms with E-state index >= 15 is 0 Å². The summed E-state index contributed by atoms with van der Waals surface area (Å²) in [7, 11) is 1.61. The summed E-state index contributed by atoms with van der Waals surface area (Å²) in [5.74, 6) is 1.33. The van der Waals surface area contributed by atoms with E-state index in [1.54, 1.807) is 13.2 Å². The van der Waals surface area contributed by atoms with Crippen molar-refractivity contribution in [1.82, 2.24) is 4.98 Å². The summed E-state index contributed by atoms with van der Waals surface area (Å²) in [4.78, 5) is 4.51. The fraction of sp³-hybridized carbons (Fsp3) is 0.158. The Morgan fingerprint density at radius 1 is 1.24 bits per heavy atom. The molecule has 0 aliphatic heterocycles. The number of nitrogens with one attached hydrogen (secondary N) is 1. The van der Waals surface area contributed by atoms with E-state index < -0.39 is 0 Å². The number of rotatable bonds is 5. The van der Waals surface area contributed by atoms with Gasteiger partial charge in [0.2, 0.25) is 0 Å². The third kappa shape index (κ3) is 3.36. The van der Waals surface area contributed by atoms with E-state index in [-0.39, 0.29) is 0 Å². The summed E-state index contributed by atoms with van der Waals surface area (Å²) < 4.78 is 5.36. The van der Waals surface area contributed by atoms with Gasteiger partial charge in [-0.3, -0.25) is 0 Å². The Labute approximate surface area is 151 Å². The zero-order valence-corrected chi connectivity index (χ0v) is 14.5. The predicted molar refractivity (Wildman–Crippen MR) is 101 cm³/mol. The van der Waals surface area contributed by atoms with Crippen LogP contribution in [-0.4, -0.2) is 25.2 Å². The summed E-state index contributed by atoms with van der Waals surface area (Å²) in [5.41, 5.74) is 7.47. The van der Waals surface area contributed by atoms with Crippen LogP contribution in [0.25, 0.3) is 21.9 Å². The second kappa shape index (κ2) is 7.39. The van der Waals surface area contributed by atoms with Crippen molar-refractivity contribution in [2.24, 2.45) is 5.73 Å². The van der Waals surface area contributed by atoms with E-state index in [1.165, 1.54) is 0 Å². The summed E-state index contributed by atoms with van der Waals surface area (Å²) in [6, 6.07) is 15.3. The van der Waals surface area contributed by atoms with Crippen molar-refractivity contribution in [3.05, 3.63) is 53.2 Å². The largest absolute Gasteiger partial charge is 0.497 e. The van der Waals surface area contributed by atoms with Crippen LogP contribution in [0.15, 0.2) is 42.5 Å². The Morgan fingerprint density at radius 2 is 2.08 bits per heavy atom. The number of aromatic nitrogens is 1. The molecule has 0 saturated heterocycles. The van der Waals surface area contributed by atoms with Crippen LogP contribution >= 0.6 is 11.6 Å². The number of nitrogens with zero attached hydrogens (tertiary/aromatic N) is 2. The van der Waals surface area contributed by atoms with Gasteiger partial charge < -0.3 is 15.8 Å². The minimum absolute atomic E-state index is 0.322. The van der Waals surface area contributed by atoms with Crippen LogP contribution < -0.4 is 15.8 Å². The van der Waals surface area contributed by atoms with Crippen LogP contribution in [0.5, 0.6) is 5.75 Å². The van der Waals surface area contributed by atoms with Gasteiger partial charge in [-0.25, -0.2) is 4.98 Å². The molecule has 3 aromatic rings. The molecule has 6 heteroatoms. The molecule has 0 fully saturated rings. The molecule has 5 nitrogen and oxygen atoms in total. The van der Waals surface area contributed by atoms with Gasteiger partial charge in [0.05, 0.1) is 7.11 Å². The number of nitrogens with two attached hydrogens (primary N) is 1. The Balaban J connectivity index is 2.36. The molecule has 0 amide bonds. The quantitative estimate of drug-likeness (QED) is 0.729. The topological polar surface area (TPSA) is 84.0 Å². The van der Waals surface area contributed by atoms with E-state index in [9.17, 15) is 5.26 Å². The second-order valence-electron chi connectivity index (χ2n) is 5.43. The van der Waals surface area contributed by atoms with Crippen molar-refractivity contribution in [1.29, 1.82) is 5.26 Å². The van der Waals surface area contributed by atoms with Gasteiger partial charge in [0.15, 0.2) is 5.69 Å². The second-order valence-corrected chi connectivity index (χ2v) is 5.87. The molecule has 0 saturated carbocycles. The number of benzene rings is 2. The Morgan fingerprint density at radius 3 is 2.76 bits per heavy atom. The molecule has 0 spiro atoms. The van der Waals surface area contributed by atoms with Gasteiger partial charge in [0.1, 0.15) is 17.6 Å². The zero-order valence-electron chi connectivity index (χ0n) is 13.7. The number of methoxy groups -OCH3 is 1. The molecule has 0 bridgehead atoms. The van der Waals surface area contributed by atoms with E-state index in [0.29, 0.717) is 35.4 Å². The van der Waals surface area contributed by atoms with Crippen LogP contribution in [0.1, 0.15) is 5.69 Å². The Hall–Kier alpha value is -2.81. The summed E-state index contributed by atoms with van der Waals surface area (Å²) in [6.07, 6.45) is 0. The number of anilines is 1. The SMILES string of the molecule is COc1ccc2c(NCCN)nc(C#N)c(-c3cccc(Cl)c3)c2c1. The number of halogens is 1. The standard InChI is InChI=1S/C19H17ClN4O/c1-25-14-5-6-15-16(10-14)18(12-3-2-4-13(20)9-12)17(11-22)24-19(15)23-8-7-21/h2-6,9-10H,7-8,21H2,1H3,(H,23,24). The van der Waals surface area contributed by atoms with E-state index in [2.05, 4.69) is 16.4 Å². The van der Waals surface area contributed by atoms with Gasteiger partial charge in [0.25, 0.3) is 0 Å². The first-order valence-electron chi connectivity index (χ1n) is 7.79. The van der Waals surface area contributed by atoms with Crippen LogP contribution in [0.2, 0.25) is 5.02 Å². The average molecular weight is 353 g/mol. The maximum absolute atomic E-state index is 9.66. The maximum atomic E-state index is 9.66. The molecule has 126 valence electrons. The van der Waals surface area contributed by atoms with Crippen molar-refractivity contribution in [3.63, 3.8) is 0 Å². The lowest BCUT2D eigenvalue weighted by Gasteiger charge is -2.15. The molecule has 0 aliphatic rings. The number of fused-ring (bicyclic) bond motifs is 1. The minimum Gasteiger partial charge on any atom is -0.497 e. The highest BCUT2D eigenvalue weighted by atomic mass is 35.5. The summed E-state index contributed by atoms with van der Waals surface area (Å²) in [6.45, 7) is 1.03. The lowest BCUT2D eigenvalue weighted by atomic mass is 9.97. The van der Waals surface area contributed by atoms with Crippen molar-refractivity contribution in [2.45, 2.75) is 0 Å². The first kappa shape index (κ1) is 17.0. The monoisotopic (exact) mass is 352 g/mol. The predicted octanol–water partition coefficient (Wildman–Crippen LogP) is 3.81. The number of nitriles is 1. The van der Waals surface area contributed by atoms with Crippen molar-refractivity contribution in [2.75, 3.05) is 25.5 Å². The highest BCUT2D eigenvalue weighted by Gasteiger charge is 2.16. The van der Waals surface area contributed by atoms with Crippen LogP contribution in [-0.2, 0) is 0 Å². The number of hydrogen-bond donors (Lipinski definition) is 2. The molecule has 1 aromatic heterocycles. The first-order chi connectivity index (χ1) is 12.2. The fourth-order valence-electron chi connectivity index (χ4n) is 2.76. The lowest BCUT2D eigenvalue weighted by molar-refractivity contribution is 0.415. The molecule has 3 N–H and O–H groups in total. The number of ether oxygens (including phenoxy) is 1. The average Bonchev–Trinajstić information content (AvgIpc) is 2.64. The minimum atomic E-state index is 0.322. The number of pyridine rings is 1. The van der Waals surface area contributed by atoms with Gasteiger partial charge in [-0.1, -0.05) is 23.7 Å². The Kier molecular flexibility index (Phi) is 5.03. The molecule has 0 aliphatic carbocycles. The Bertz CT molecular complexity index is 966. The highest BCUT2D eigenvalue weighted by Crippen LogP contribution is 2.37. The van der Waals surface area contributed by atoms with Crippen LogP contribution in [0.4, 0.5) is 5.82 Å². The van der Waals surface area contributed by atoms with Gasteiger partial charge in [-0.15, -0.1) is 0 Å². The maximum Gasteiger partial charge on any atom is 0.151 e. The molecule has 0 atom stereocenters. The molecule has 2 aromatic carbocycles. The van der Waals surface area contributed by atoms with Gasteiger partial charge in [0, 0.05) is 29.1 Å². The highest BCUT2D eigenvalue weighted by molar-refractivity contribution is 6.31. The molecule has 3 rings (SSSR count). The van der Waals surface area contributed by atoms with Gasteiger partial charge >= 0.3 is 0 Å². The molecule has 1 heterocycles. The van der Waals surface area contributed by atoms with E-state index in [4.69, 9.17) is 22.1 Å². The lowest BCUT2D eigenvalue weighted by Crippen LogP contribution is -2.14. The van der Waals surface area contributed by atoms with Crippen molar-refractivity contribution in [3.8, 4) is 22.9 Å². The van der Waals surface area contributed by atoms with E-state index in [0.717, 1.165) is 21.9 Å². The molecular formula is C19H17ClN4O. The van der Waals surface area contributed by atoms with Crippen LogP contribution in [0.3, 0.4) is 0 Å². The molecular weight excluding hydrogens is 336 g/mol. The van der Waals surface area contributed by atoms with E-state index in [1.807, 2.05) is 36.4 Å². The summed E-state index contributed by atoms with van der Waals surface area (Å²) in [5, 5.41) is 15.2. The molecule has 0 unspecified atom stereocenters. The fourth-order valence-corrected chi connectivity index (χ4v) is 2.95. The third-order valence-corrected chi connectivity index (χ3v) is 4.10. The zero-order chi connectivity index (χ0) is 17.8. The number of hydrogen-bond acceptors (Lipinski definition) is 5. The smallest absolute Gasteiger partial charge is 0.151 e. The molecule has 0 radical (unpaired) electrons. The summed E-state index contributed by atoms with van der Waals surface area (Å²) >= 11 is 6.15. The van der Waals surface area contributed by atoms with Gasteiger partial charge in [-0.2, -0.15) is 5.26 Å². The third-order valence-electron chi connectivity index (χ3n) is 3.87.